The summed E-state index contributed by atoms with van der Waals surface area (Å²) in [6, 6.07) is 33.4. The SMILES string of the molecule is [Cl-].[NH3+]CCCCCCCCCCCCCC(c1ccccc1)(c1ccccc1)c1ccccc1. The minimum atomic E-state index is -0.0855. The van der Waals surface area contributed by atoms with Crippen LogP contribution in [0.15, 0.2) is 91.0 Å². The molecule has 0 aliphatic carbocycles. The molecule has 0 unspecified atom stereocenters. The molecule has 3 rings (SSSR count). The fraction of sp³-hybridized carbons (Fsp3) is 0.438. The van der Waals surface area contributed by atoms with Gasteiger partial charge in [-0.3, -0.25) is 0 Å². The van der Waals surface area contributed by atoms with Crippen molar-refractivity contribution >= 4 is 0 Å². The first-order valence-electron chi connectivity index (χ1n) is 13.3. The second kappa shape index (κ2) is 16.5. The van der Waals surface area contributed by atoms with Crippen LogP contribution in [0.1, 0.15) is 93.7 Å². The highest BCUT2D eigenvalue weighted by molar-refractivity contribution is 5.50. The summed E-state index contributed by atoms with van der Waals surface area (Å²) >= 11 is 0. The molecule has 3 N–H and O–H groups in total. The zero-order valence-corrected chi connectivity index (χ0v) is 21.7. The third kappa shape index (κ3) is 8.29. The zero-order chi connectivity index (χ0) is 23.0. The van der Waals surface area contributed by atoms with E-state index in [9.17, 15) is 0 Å². The second-order valence-corrected chi connectivity index (χ2v) is 9.50. The van der Waals surface area contributed by atoms with Crippen molar-refractivity contribution in [2.75, 3.05) is 6.54 Å². The predicted molar refractivity (Wildman–Crippen MR) is 142 cm³/mol. The Labute approximate surface area is 214 Å². The summed E-state index contributed by atoms with van der Waals surface area (Å²) in [5, 5.41) is 0. The lowest BCUT2D eigenvalue weighted by Crippen LogP contribution is -3.00. The topological polar surface area (TPSA) is 27.6 Å². The molecule has 0 amide bonds. The summed E-state index contributed by atoms with van der Waals surface area (Å²) in [6.07, 6.45) is 16.2. The summed E-state index contributed by atoms with van der Waals surface area (Å²) in [5.41, 5.74) is 8.06. The van der Waals surface area contributed by atoms with E-state index >= 15 is 0 Å². The Kier molecular flexibility index (Phi) is 13.7. The Morgan fingerprint density at radius 1 is 0.412 bits per heavy atom. The first-order valence-corrected chi connectivity index (χ1v) is 13.3. The van der Waals surface area contributed by atoms with Gasteiger partial charge in [-0.25, -0.2) is 0 Å². The van der Waals surface area contributed by atoms with Crippen LogP contribution in [0.3, 0.4) is 0 Å². The molecule has 34 heavy (non-hydrogen) atoms. The number of hydrogen-bond donors (Lipinski definition) is 1. The van der Waals surface area contributed by atoms with Crippen molar-refractivity contribution < 1.29 is 18.1 Å². The molecule has 0 saturated carbocycles. The lowest BCUT2D eigenvalue weighted by molar-refractivity contribution is -0.368. The molecule has 0 aliphatic rings. The Morgan fingerprint density at radius 2 is 0.706 bits per heavy atom. The maximum absolute atomic E-state index is 3.93. The van der Waals surface area contributed by atoms with E-state index in [4.69, 9.17) is 0 Å². The molecule has 3 aromatic carbocycles. The quantitative estimate of drug-likeness (QED) is 0.223. The number of unbranched alkanes of at least 4 members (excludes halogenated alkanes) is 10. The molecule has 184 valence electrons. The molecule has 2 heteroatoms. The summed E-state index contributed by atoms with van der Waals surface area (Å²) in [7, 11) is 0. The fourth-order valence-electron chi connectivity index (χ4n) is 5.26. The number of hydrogen-bond acceptors (Lipinski definition) is 0. The van der Waals surface area contributed by atoms with E-state index < -0.39 is 0 Å². The van der Waals surface area contributed by atoms with Crippen molar-refractivity contribution in [2.45, 2.75) is 82.5 Å². The van der Waals surface area contributed by atoms with Crippen molar-refractivity contribution in [1.29, 1.82) is 0 Å². The van der Waals surface area contributed by atoms with E-state index in [-0.39, 0.29) is 17.8 Å². The van der Waals surface area contributed by atoms with E-state index in [1.807, 2.05) is 0 Å². The molecular weight excluding hydrogens is 434 g/mol. The average molecular weight is 478 g/mol. The highest BCUT2D eigenvalue weighted by atomic mass is 35.5. The van der Waals surface area contributed by atoms with Crippen LogP contribution in [0, 0.1) is 0 Å². The smallest absolute Gasteiger partial charge is 0.0739 e. The van der Waals surface area contributed by atoms with Gasteiger partial charge in [0.05, 0.1) is 6.54 Å². The Bertz CT molecular complexity index is 767. The van der Waals surface area contributed by atoms with Crippen molar-refractivity contribution in [1.82, 2.24) is 0 Å². The van der Waals surface area contributed by atoms with Gasteiger partial charge in [0.15, 0.2) is 0 Å². The highest BCUT2D eigenvalue weighted by Gasteiger charge is 2.35. The van der Waals surface area contributed by atoms with Gasteiger partial charge in [-0.05, 0) is 36.0 Å². The van der Waals surface area contributed by atoms with Crippen LogP contribution in [0.25, 0.3) is 0 Å². The molecule has 0 fully saturated rings. The van der Waals surface area contributed by atoms with Crippen LogP contribution in [0.4, 0.5) is 0 Å². The fourth-order valence-corrected chi connectivity index (χ4v) is 5.26. The van der Waals surface area contributed by atoms with Crippen LogP contribution in [-0.2, 0) is 5.41 Å². The molecular formula is C32H44ClN. The molecule has 0 aliphatic heterocycles. The number of quaternary nitrogens is 1. The van der Waals surface area contributed by atoms with Crippen molar-refractivity contribution in [3.05, 3.63) is 108 Å². The van der Waals surface area contributed by atoms with Gasteiger partial charge >= 0.3 is 0 Å². The lowest BCUT2D eigenvalue weighted by Gasteiger charge is -2.36. The molecule has 1 nitrogen and oxygen atoms in total. The Morgan fingerprint density at radius 3 is 1.03 bits per heavy atom. The summed E-state index contributed by atoms with van der Waals surface area (Å²) in [5.74, 6) is 0. The van der Waals surface area contributed by atoms with Crippen LogP contribution in [-0.4, -0.2) is 6.54 Å². The molecule has 0 heterocycles. The molecule has 0 bridgehead atoms. The van der Waals surface area contributed by atoms with Gasteiger partial charge in [-0.15, -0.1) is 0 Å². The molecule has 0 saturated heterocycles. The van der Waals surface area contributed by atoms with Gasteiger partial charge in [0.1, 0.15) is 0 Å². The van der Waals surface area contributed by atoms with Gasteiger partial charge in [0.25, 0.3) is 0 Å². The van der Waals surface area contributed by atoms with Gasteiger partial charge in [-0.1, -0.05) is 149 Å². The lowest BCUT2D eigenvalue weighted by atomic mass is 9.66. The predicted octanol–water partition coefficient (Wildman–Crippen LogP) is 4.95. The van der Waals surface area contributed by atoms with Gasteiger partial charge < -0.3 is 18.1 Å². The summed E-state index contributed by atoms with van der Waals surface area (Å²) in [6.45, 7) is 1.10. The van der Waals surface area contributed by atoms with E-state index in [2.05, 4.69) is 96.7 Å². The summed E-state index contributed by atoms with van der Waals surface area (Å²) < 4.78 is 0. The first-order chi connectivity index (χ1) is 16.4. The van der Waals surface area contributed by atoms with Gasteiger partial charge in [0, 0.05) is 5.41 Å². The minimum absolute atomic E-state index is 0. The monoisotopic (exact) mass is 477 g/mol. The van der Waals surface area contributed by atoms with E-state index in [1.165, 1.54) is 87.3 Å². The van der Waals surface area contributed by atoms with Gasteiger partial charge in [-0.2, -0.15) is 0 Å². The van der Waals surface area contributed by atoms with Crippen LogP contribution < -0.4 is 18.1 Å². The maximum Gasteiger partial charge on any atom is 0.0739 e. The van der Waals surface area contributed by atoms with E-state index in [0.29, 0.717) is 0 Å². The first kappa shape index (κ1) is 28.1. The van der Waals surface area contributed by atoms with Crippen LogP contribution in [0.5, 0.6) is 0 Å². The normalized spacial score (nSPS) is 11.2. The molecule has 0 radical (unpaired) electrons. The highest BCUT2D eigenvalue weighted by Crippen LogP contribution is 2.43. The van der Waals surface area contributed by atoms with Crippen LogP contribution in [0.2, 0.25) is 0 Å². The third-order valence-electron chi connectivity index (χ3n) is 7.10. The Balaban J connectivity index is 0.00000408. The van der Waals surface area contributed by atoms with Crippen molar-refractivity contribution in [3.8, 4) is 0 Å². The molecule has 0 aromatic heterocycles. The van der Waals surface area contributed by atoms with E-state index in [0.717, 1.165) is 13.0 Å². The molecule has 0 atom stereocenters. The molecule has 3 aromatic rings. The molecule has 0 spiro atoms. The minimum Gasteiger partial charge on any atom is -1.00 e. The number of halogens is 1. The zero-order valence-electron chi connectivity index (χ0n) is 20.9. The third-order valence-corrected chi connectivity index (χ3v) is 7.10. The largest absolute Gasteiger partial charge is 1.00 e. The number of rotatable bonds is 16. The van der Waals surface area contributed by atoms with Gasteiger partial charge in [0.2, 0.25) is 0 Å². The summed E-state index contributed by atoms with van der Waals surface area (Å²) in [4.78, 5) is 0. The van der Waals surface area contributed by atoms with Crippen LogP contribution >= 0.6 is 0 Å². The second-order valence-electron chi connectivity index (χ2n) is 9.50. The van der Waals surface area contributed by atoms with Crippen molar-refractivity contribution in [3.63, 3.8) is 0 Å². The number of benzene rings is 3. The maximum atomic E-state index is 3.93. The Hall–Kier alpha value is -2.09. The van der Waals surface area contributed by atoms with Crippen molar-refractivity contribution in [2.24, 2.45) is 0 Å². The van der Waals surface area contributed by atoms with E-state index in [1.54, 1.807) is 0 Å². The standard InChI is InChI=1S/C32H43N.ClH/c33-28-20-9-7-5-3-1-2-4-6-8-19-27-32(29-21-13-10-14-22-29,30-23-15-11-16-24-30)31-25-17-12-18-26-31;/h10-18,21-26H,1-9,19-20,27-28,33H2;1H. The average Bonchev–Trinajstić information content (AvgIpc) is 2.89.